The average molecular weight is 252 g/mol. The van der Waals surface area contributed by atoms with Crippen LogP contribution in [0.1, 0.15) is 55.7 Å². The Kier molecular flexibility index (Phi) is 4.40. The lowest BCUT2D eigenvalue weighted by Crippen LogP contribution is -2.09. The van der Waals surface area contributed by atoms with Gasteiger partial charge in [-0.3, -0.25) is 4.68 Å². The van der Waals surface area contributed by atoms with Gasteiger partial charge in [0.05, 0.1) is 17.9 Å². The van der Waals surface area contributed by atoms with Crippen molar-refractivity contribution in [3.8, 4) is 0 Å². The summed E-state index contributed by atoms with van der Waals surface area (Å²) in [5, 5.41) is 14.2. The van der Waals surface area contributed by atoms with Crippen molar-refractivity contribution in [2.75, 3.05) is 6.61 Å². The van der Waals surface area contributed by atoms with Crippen LogP contribution in [0.25, 0.3) is 0 Å². The van der Waals surface area contributed by atoms with E-state index in [9.17, 15) is 5.11 Å². The third-order valence-electron chi connectivity index (χ3n) is 3.78. The van der Waals surface area contributed by atoms with Gasteiger partial charge in [0.25, 0.3) is 0 Å². The van der Waals surface area contributed by atoms with E-state index in [-0.39, 0.29) is 0 Å². The fourth-order valence-electron chi connectivity index (χ4n) is 2.87. The van der Waals surface area contributed by atoms with Crippen molar-refractivity contribution >= 4 is 0 Å². The SMILES string of the molecule is Cc1nn(CCCC2CCCO2)c(C)c1C(C)O. The number of hydrogen-bond acceptors (Lipinski definition) is 3. The number of nitrogens with zero attached hydrogens (tertiary/aromatic N) is 2. The lowest BCUT2D eigenvalue weighted by molar-refractivity contribution is 0.101. The van der Waals surface area contributed by atoms with Gasteiger partial charge in [-0.15, -0.1) is 0 Å². The molecule has 18 heavy (non-hydrogen) atoms. The molecule has 2 atom stereocenters. The van der Waals surface area contributed by atoms with Gasteiger partial charge in [-0.2, -0.15) is 5.10 Å². The van der Waals surface area contributed by atoms with Crippen LogP contribution in [-0.2, 0) is 11.3 Å². The highest BCUT2D eigenvalue weighted by molar-refractivity contribution is 5.26. The first-order valence-corrected chi connectivity index (χ1v) is 6.93. The molecule has 1 aliphatic rings. The Labute approximate surface area is 109 Å². The minimum atomic E-state index is -0.433. The van der Waals surface area contributed by atoms with Gasteiger partial charge in [-0.05, 0) is 46.5 Å². The number of hydrogen-bond donors (Lipinski definition) is 1. The molecule has 0 amide bonds. The molecule has 1 aromatic rings. The largest absolute Gasteiger partial charge is 0.389 e. The van der Waals surface area contributed by atoms with Crippen LogP contribution >= 0.6 is 0 Å². The first kappa shape index (κ1) is 13.6. The molecule has 2 heterocycles. The second kappa shape index (κ2) is 5.85. The number of aromatic nitrogens is 2. The number of aryl methyl sites for hydroxylation is 2. The summed E-state index contributed by atoms with van der Waals surface area (Å²) in [6.45, 7) is 7.64. The van der Waals surface area contributed by atoms with E-state index in [0.29, 0.717) is 6.10 Å². The van der Waals surface area contributed by atoms with Crippen molar-refractivity contribution in [1.82, 2.24) is 9.78 Å². The van der Waals surface area contributed by atoms with Crippen molar-refractivity contribution in [2.24, 2.45) is 0 Å². The molecule has 1 aliphatic heterocycles. The Hall–Kier alpha value is -0.870. The van der Waals surface area contributed by atoms with Crippen LogP contribution in [0.3, 0.4) is 0 Å². The molecule has 102 valence electrons. The second-order valence-electron chi connectivity index (χ2n) is 5.26. The van der Waals surface area contributed by atoms with Crippen LogP contribution in [0, 0.1) is 13.8 Å². The molecule has 1 fully saturated rings. The Morgan fingerprint density at radius 1 is 1.50 bits per heavy atom. The number of ether oxygens (including phenoxy) is 1. The van der Waals surface area contributed by atoms with Crippen LogP contribution in [0.4, 0.5) is 0 Å². The average Bonchev–Trinajstić information content (AvgIpc) is 2.88. The van der Waals surface area contributed by atoms with Crippen LogP contribution < -0.4 is 0 Å². The number of aliphatic hydroxyl groups is 1. The summed E-state index contributed by atoms with van der Waals surface area (Å²) in [5.41, 5.74) is 3.02. The molecule has 0 radical (unpaired) electrons. The van der Waals surface area contributed by atoms with Gasteiger partial charge >= 0.3 is 0 Å². The standard InChI is InChI=1S/C14H24N2O2/c1-10-14(12(3)17)11(2)16(15-10)8-4-6-13-7-5-9-18-13/h12-13,17H,4-9H2,1-3H3. The number of rotatable bonds is 5. The van der Waals surface area contributed by atoms with E-state index in [2.05, 4.69) is 5.10 Å². The first-order valence-electron chi connectivity index (χ1n) is 6.93. The minimum Gasteiger partial charge on any atom is -0.389 e. The zero-order valence-electron chi connectivity index (χ0n) is 11.6. The van der Waals surface area contributed by atoms with Gasteiger partial charge in [0.15, 0.2) is 0 Å². The zero-order chi connectivity index (χ0) is 13.1. The van der Waals surface area contributed by atoms with E-state index in [1.165, 1.54) is 12.8 Å². The summed E-state index contributed by atoms with van der Waals surface area (Å²) in [4.78, 5) is 0. The van der Waals surface area contributed by atoms with E-state index in [1.54, 1.807) is 6.92 Å². The monoisotopic (exact) mass is 252 g/mol. The van der Waals surface area contributed by atoms with Gasteiger partial charge in [0.2, 0.25) is 0 Å². The lowest BCUT2D eigenvalue weighted by atomic mass is 10.1. The molecule has 2 unspecified atom stereocenters. The van der Waals surface area contributed by atoms with Crippen molar-refractivity contribution in [3.63, 3.8) is 0 Å². The molecule has 2 rings (SSSR count). The normalized spacial score (nSPS) is 21.4. The van der Waals surface area contributed by atoms with Crippen LogP contribution in [-0.4, -0.2) is 27.6 Å². The van der Waals surface area contributed by atoms with Crippen molar-refractivity contribution in [3.05, 3.63) is 17.0 Å². The highest BCUT2D eigenvalue weighted by atomic mass is 16.5. The van der Waals surface area contributed by atoms with Crippen LogP contribution in [0.15, 0.2) is 0 Å². The van der Waals surface area contributed by atoms with Crippen molar-refractivity contribution in [1.29, 1.82) is 0 Å². The van der Waals surface area contributed by atoms with Gasteiger partial charge in [-0.1, -0.05) is 0 Å². The summed E-state index contributed by atoms with van der Waals surface area (Å²) in [6, 6.07) is 0. The first-order chi connectivity index (χ1) is 8.59. The maximum absolute atomic E-state index is 9.72. The Morgan fingerprint density at radius 2 is 2.28 bits per heavy atom. The van der Waals surface area contributed by atoms with Gasteiger partial charge in [0, 0.05) is 24.4 Å². The molecule has 0 spiro atoms. The third kappa shape index (κ3) is 2.93. The second-order valence-corrected chi connectivity index (χ2v) is 5.26. The molecular formula is C14H24N2O2. The Bertz CT molecular complexity index is 393. The molecule has 1 saturated heterocycles. The quantitative estimate of drug-likeness (QED) is 0.876. The molecule has 1 aromatic heterocycles. The smallest absolute Gasteiger partial charge is 0.0797 e. The molecule has 0 aromatic carbocycles. The predicted molar refractivity (Wildman–Crippen MR) is 70.5 cm³/mol. The van der Waals surface area contributed by atoms with E-state index in [0.717, 1.165) is 42.9 Å². The molecule has 0 saturated carbocycles. The van der Waals surface area contributed by atoms with Gasteiger partial charge < -0.3 is 9.84 Å². The van der Waals surface area contributed by atoms with Gasteiger partial charge in [0.1, 0.15) is 0 Å². The topological polar surface area (TPSA) is 47.3 Å². The summed E-state index contributed by atoms with van der Waals surface area (Å²) in [7, 11) is 0. The van der Waals surface area contributed by atoms with E-state index < -0.39 is 6.10 Å². The van der Waals surface area contributed by atoms with E-state index in [1.807, 2.05) is 18.5 Å². The highest BCUT2D eigenvalue weighted by Gasteiger charge is 2.17. The third-order valence-corrected chi connectivity index (χ3v) is 3.78. The minimum absolute atomic E-state index is 0.433. The summed E-state index contributed by atoms with van der Waals surface area (Å²) >= 11 is 0. The predicted octanol–water partition coefficient (Wildman–Crippen LogP) is 2.51. The van der Waals surface area contributed by atoms with Crippen LogP contribution in [0.5, 0.6) is 0 Å². The summed E-state index contributed by atoms with van der Waals surface area (Å²) in [5.74, 6) is 0. The van der Waals surface area contributed by atoms with Crippen LogP contribution in [0.2, 0.25) is 0 Å². The van der Waals surface area contributed by atoms with Crippen molar-refractivity contribution < 1.29 is 9.84 Å². The highest BCUT2D eigenvalue weighted by Crippen LogP contribution is 2.22. The lowest BCUT2D eigenvalue weighted by Gasteiger charge is -2.10. The fourth-order valence-corrected chi connectivity index (χ4v) is 2.87. The Balaban J connectivity index is 1.91. The molecule has 0 aliphatic carbocycles. The van der Waals surface area contributed by atoms with Gasteiger partial charge in [-0.25, -0.2) is 0 Å². The fraction of sp³-hybridized carbons (Fsp3) is 0.786. The molecule has 0 bridgehead atoms. The number of aliphatic hydroxyl groups excluding tert-OH is 1. The maximum Gasteiger partial charge on any atom is 0.0797 e. The molecule has 4 nitrogen and oxygen atoms in total. The van der Waals surface area contributed by atoms with E-state index >= 15 is 0 Å². The Morgan fingerprint density at radius 3 is 2.83 bits per heavy atom. The molecular weight excluding hydrogens is 228 g/mol. The molecule has 1 N–H and O–H groups in total. The van der Waals surface area contributed by atoms with Crippen molar-refractivity contribution in [2.45, 2.75) is 65.2 Å². The maximum atomic E-state index is 9.72. The van der Waals surface area contributed by atoms with E-state index in [4.69, 9.17) is 4.74 Å². The zero-order valence-corrected chi connectivity index (χ0v) is 11.6. The molecule has 4 heteroatoms. The summed E-state index contributed by atoms with van der Waals surface area (Å²) in [6.07, 6.45) is 4.64. The summed E-state index contributed by atoms with van der Waals surface area (Å²) < 4.78 is 7.64.